The molecule has 0 spiro atoms. The van der Waals surface area contributed by atoms with Gasteiger partial charge in [0.2, 0.25) is 0 Å². The van der Waals surface area contributed by atoms with Gasteiger partial charge >= 0.3 is 5.97 Å². The van der Waals surface area contributed by atoms with Gasteiger partial charge in [0, 0.05) is 6.07 Å². The number of hydrogen-bond acceptors (Lipinski definition) is 6. The summed E-state index contributed by atoms with van der Waals surface area (Å²) in [5, 5.41) is 10.9. The van der Waals surface area contributed by atoms with Crippen molar-refractivity contribution in [1.29, 1.82) is 0 Å². The minimum Gasteiger partial charge on any atom is -0.469 e. The molecule has 0 fully saturated rings. The van der Waals surface area contributed by atoms with E-state index in [-0.39, 0.29) is 0 Å². The van der Waals surface area contributed by atoms with Crippen molar-refractivity contribution >= 4 is 21.5 Å². The number of benzene rings is 1. The van der Waals surface area contributed by atoms with Gasteiger partial charge in [0.05, 0.1) is 23.2 Å². The van der Waals surface area contributed by atoms with Crippen LogP contribution in [0.5, 0.6) is 0 Å². The summed E-state index contributed by atoms with van der Waals surface area (Å²) in [6.45, 7) is 2.82. The van der Waals surface area contributed by atoms with E-state index in [1.165, 1.54) is 26.0 Å². The van der Waals surface area contributed by atoms with Crippen molar-refractivity contribution in [3.63, 3.8) is 0 Å². The average molecular weight is 301 g/mol. The van der Waals surface area contributed by atoms with Crippen molar-refractivity contribution in [2.75, 3.05) is 12.9 Å². The highest BCUT2D eigenvalue weighted by Gasteiger charge is 2.37. The number of nitro groups is 1. The summed E-state index contributed by atoms with van der Waals surface area (Å²) in [6.07, 6.45) is 0. The molecule has 0 atom stereocenters. The summed E-state index contributed by atoms with van der Waals surface area (Å²) in [5.41, 5.74) is -1.80. The van der Waals surface area contributed by atoms with E-state index in [1.54, 1.807) is 0 Å². The molecule has 0 aliphatic heterocycles. The summed E-state index contributed by atoms with van der Waals surface area (Å²) in [5.74, 6) is -1.27. The van der Waals surface area contributed by atoms with E-state index in [9.17, 15) is 23.3 Å². The molecule has 0 aliphatic rings. The molecular formula is C12H15NO6S. The van der Waals surface area contributed by atoms with E-state index in [0.717, 1.165) is 19.2 Å². The molecule has 1 aromatic carbocycles. The van der Waals surface area contributed by atoms with Crippen molar-refractivity contribution in [2.45, 2.75) is 18.7 Å². The van der Waals surface area contributed by atoms with E-state index < -0.39 is 42.5 Å². The smallest absolute Gasteiger partial charge is 0.312 e. The number of carbonyl (C=O) groups is 1. The van der Waals surface area contributed by atoms with Crippen molar-refractivity contribution in [3.8, 4) is 0 Å². The molecule has 0 heterocycles. The predicted octanol–water partition coefficient (Wildman–Crippen LogP) is 1.57. The van der Waals surface area contributed by atoms with Crippen LogP contribution in [0.15, 0.2) is 29.2 Å². The Morgan fingerprint density at radius 2 is 1.90 bits per heavy atom. The maximum absolute atomic E-state index is 12.3. The molecule has 0 N–H and O–H groups in total. The maximum Gasteiger partial charge on any atom is 0.312 e. The Balaban J connectivity index is 3.26. The monoisotopic (exact) mass is 301 g/mol. The highest BCUT2D eigenvalue weighted by Crippen LogP contribution is 2.29. The second-order valence-corrected chi connectivity index (χ2v) is 6.82. The largest absolute Gasteiger partial charge is 0.469 e. The molecule has 0 amide bonds. The first-order chi connectivity index (χ1) is 9.12. The summed E-state index contributed by atoms with van der Waals surface area (Å²) in [4.78, 5) is 21.2. The number of sulfone groups is 1. The lowest BCUT2D eigenvalue weighted by atomic mass is 9.97. The number of esters is 1. The Hall–Kier alpha value is -1.96. The molecule has 110 valence electrons. The topological polar surface area (TPSA) is 104 Å². The zero-order valence-corrected chi connectivity index (χ0v) is 12.1. The number of methoxy groups -OCH3 is 1. The minimum absolute atomic E-state index is 0.401. The maximum atomic E-state index is 12.3. The van der Waals surface area contributed by atoms with Crippen LogP contribution in [0.25, 0.3) is 0 Å². The second kappa shape index (κ2) is 5.58. The molecule has 7 nitrogen and oxygen atoms in total. The summed E-state index contributed by atoms with van der Waals surface area (Å²) in [7, 11) is -2.84. The SMILES string of the molecule is COC(=O)C(C)(C)CS(=O)(=O)c1ccccc1[N+](=O)[O-]. The molecule has 1 aromatic rings. The van der Waals surface area contributed by atoms with Crippen LogP contribution >= 0.6 is 0 Å². The van der Waals surface area contributed by atoms with Gasteiger partial charge in [0.25, 0.3) is 5.69 Å². The van der Waals surface area contributed by atoms with Crippen molar-refractivity contribution in [3.05, 3.63) is 34.4 Å². The fourth-order valence-electron chi connectivity index (χ4n) is 1.76. The number of nitro benzene ring substituents is 1. The predicted molar refractivity (Wildman–Crippen MR) is 70.9 cm³/mol. The molecule has 0 saturated carbocycles. The highest BCUT2D eigenvalue weighted by molar-refractivity contribution is 7.91. The van der Waals surface area contributed by atoms with Crippen LogP contribution in [0.3, 0.4) is 0 Å². The van der Waals surface area contributed by atoms with Crippen molar-refractivity contribution in [2.24, 2.45) is 5.41 Å². The van der Waals surface area contributed by atoms with Crippen LogP contribution in [0.1, 0.15) is 13.8 Å². The number of rotatable bonds is 5. The van der Waals surface area contributed by atoms with Gasteiger partial charge < -0.3 is 4.74 Å². The molecule has 0 radical (unpaired) electrons. The number of carbonyl (C=O) groups excluding carboxylic acids is 1. The van der Waals surface area contributed by atoms with Gasteiger partial charge in [-0.05, 0) is 19.9 Å². The molecule has 1 rings (SSSR count). The number of hydrogen-bond donors (Lipinski definition) is 0. The summed E-state index contributed by atoms with van der Waals surface area (Å²) in [6, 6.07) is 5.03. The lowest BCUT2D eigenvalue weighted by molar-refractivity contribution is -0.387. The minimum atomic E-state index is -3.99. The molecule has 0 unspecified atom stereocenters. The molecule has 0 saturated heterocycles. The van der Waals surface area contributed by atoms with E-state index in [4.69, 9.17) is 0 Å². The third-order valence-corrected chi connectivity index (χ3v) is 4.80. The van der Waals surface area contributed by atoms with Crippen LogP contribution in [0.2, 0.25) is 0 Å². The first-order valence-electron chi connectivity index (χ1n) is 5.66. The third kappa shape index (κ3) is 3.32. The van der Waals surface area contributed by atoms with E-state index in [2.05, 4.69) is 4.74 Å². The van der Waals surface area contributed by atoms with Gasteiger partial charge in [0.1, 0.15) is 4.90 Å². The average Bonchev–Trinajstić information content (AvgIpc) is 2.36. The van der Waals surface area contributed by atoms with E-state index in [1.807, 2.05) is 0 Å². The lowest BCUT2D eigenvalue weighted by Gasteiger charge is -2.20. The number of ether oxygens (including phenoxy) is 1. The molecule has 8 heteroatoms. The van der Waals surface area contributed by atoms with Crippen LogP contribution in [0, 0.1) is 15.5 Å². The van der Waals surface area contributed by atoms with Crippen LogP contribution in [-0.4, -0.2) is 32.2 Å². The Morgan fingerprint density at radius 3 is 2.40 bits per heavy atom. The second-order valence-electron chi connectivity index (χ2n) is 4.86. The first-order valence-corrected chi connectivity index (χ1v) is 7.31. The van der Waals surface area contributed by atoms with Gasteiger partial charge in [-0.15, -0.1) is 0 Å². The fourth-order valence-corrected chi connectivity index (χ4v) is 3.73. The number of nitrogens with zero attached hydrogens (tertiary/aromatic N) is 1. The Bertz CT molecular complexity index is 635. The van der Waals surface area contributed by atoms with Crippen molar-refractivity contribution in [1.82, 2.24) is 0 Å². The van der Waals surface area contributed by atoms with E-state index >= 15 is 0 Å². The van der Waals surface area contributed by atoms with Gasteiger partial charge in [0.15, 0.2) is 9.84 Å². The summed E-state index contributed by atoms with van der Waals surface area (Å²) < 4.78 is 29.1. The third-order valence-electron chi connectivity index (χ3n) is 2.69. The number of para-hydroxylation sites is 1. The Morgan fingerprint density at radius 1 is 1.35 bits per heavy atom. The van der Waals surface area contributed by atoms with Gasteiger partial charge in [-0.2, -0.15) is 0 Å². The Kier molecular flexibility index (Phi) is 4.49. The van der Waals surface area contributed by atoms with E-state index in [0.29, 0.717) is 0 Å². The molecule has 0 bridgehead atoms. The van der Waals surface area contributed by atoms with Crippen LogP contribution in [-0.2, 0) is 19.4 Å². The zero-order valence-electron chi connectivity index (χ0n) is 11.3. The zero-order chi connectivity index (χ0) is 15.6. The highest BCUT2D eigenvalue weighted by atomic mass is 32.2. The molecule has 0 aromatic heterocycles. The normalized spacial score (nSPS) is 11.9. The Labute approximate surface area is 116 Å². The lowest BCUT2D eigenvalue weighted by Crippen LogP contribution is -2.33. The van der Waals surface area contributed by atoms with Gasteiger partial charge in [-0.3, -0.25) is 14.9 Å². The first kappa shape index (κ1) is 16.1. The fraction of sp³-hybridized carbons (Fsp3) is 0.417. The van der Waals surface area contributed by atoms with Crippen molar-refractivity contribution < 1.29 is 22.9 Å². The van der Waals surface area contributed by atoms with Crippen LogP contribution in [0.4, 0.5) is 5.69 Å². The quantitative estimate of drug-likeness (QED) is 0.464. The standard InChI is InChI=1S/C12H15NO6S/c1-12(2,11(14)19-3)8-20(17,18)10-7-5-4-6-9(10)13(15)16/h4-7H,8H2,1-3H3. The molecule has 0 aliphatic carbocycles. The summed E-state index contributed by atoms with van der Waals surface area (Å²) >= 11 is 0. The molecular weight excluding hydrogens is 286 g/mol. The van der Waals surface area contributed by atoms with Gasteiger partial charge in [-0.25, -0.2) is 8.42 Å². The molecule has 20 heavy (non-hydrogen) atoms. The van der Waals surface area contributed by atoms with Gasteiger partial charge in [-0.1, -0.05) is 12.1 Å². The van der Waals surface area contributed by atoms with Crippen LogP contribution < -0.4 is 0 Å².